The Morgan fingerprint density at radius 1 is 1.07 bits per heavy atom. The molecule has 1 aromatic carbocycles. The third-order valence-corrected chi connectivity index (χ3v) is 5.63. The standard InChI is InChI=1S/C21H28N4O2/c26-20(24-12-14-27-15-13-24)17-23-9-6-18(7-10-23)16-25-11-8-22-21(25)19-4-2-1-3-5-19/h1-5,8,11,18H,6-7,9-10,12-17H2. The number of aromatic nitrogens is 2. The van der Waals surface area contributed by atoms with Gasteiger partial charge in [-0.15, -0.1) is 0 Å². The van der Waals surface area contributed by atoms with Gasteiger partial charge in [-0.25, -0.2) is 4.98 Å². The number of morpholine rings is 1. The number of hydrogen-bond acceptors (Lipinski definition) is 4. The maximum Gasteiger partial charge on any atom is 0.236 e. The normalized spacial score (nSPS) is 19.3. The molecule has 2 aromatic rings. The molecular weight excluding hydrogens is 340 g/mol. The quantitative estimate of drug-likeness (QED) is 0.811. The largest absolute Gasteiger partial charge is 0.378 e. The number of piperidine rings is 1. The van der Waals surface area contributed by atoms with Crippen LogP contribution < -0.4 is 0 Å². The summed E-state index contributed by atoms with van der Waals surface area (Å²) in [5.74, 6) is 1.93. The average Bonchev–Trinajstić information content (AvgIpc) is 3.19. The van der Waals surface area contributed by atoms with Crippen molar-refractivity contribution in [2.75, 3.05) is 45.9 Å². The van der Waals surface area contributed by atoms with Crippen LogP contribution in [0.2, 0.25) is 0 Å². The first kappa shape index (κ1) is 18.2. The predicted octanol–water partition coefficient (Wildman–Crippen LogP) is 2.12. The lowest BCUT2D eigenvalue weighted by molar-refractivity contribution is -0.136. The SMILES string of the molecule is O=C(CN1CCC(Cn2ccnc2-c2ccccc2)CC1)N1CCOCC1. The van der Waals surface area contributed by atoms with E-state index in [1.165, 1.54) is 0 Å². The van der Waals surface area contributed by atoms with E-state index in [-0.39, 0.29) is 5.91 Å². The molecule has 2 aliphatic rings. The average molecular weight is 368 g/mol. The molecule has 0 saturated carbocycles. The number of amides is 1. The Hall–Kier alpha value is -2.18. The van der Waals surface area contributed by atoms with Gasteiger partial charge in [-0.2, -0.15) is 0 Å². The van der Waals surface area contributed by atoms with Crippen molar-refractivity contribution in [2.24, 2.45) is 5.92 Å². The first-order chi connectivity index (χ1) is 13.3. The summed E-state index contributed by atoms with van der Waals surface area (Å²) < 4.78 is 7.60. The highest BCUT2D eigenvalue weighted by molar-refractivity contribution is 5.78. The zero-order valence-electron chi connectivity index (χ0n) is 15.8. The first-order valence-corrected chi connectivity index (χ1v) is 9.94. The van der Waals surface area contributed by atoms with Crippen molar-refractivity contribution in [3.8, 4) is 11.4 Å². The van der Waals surface area contributed by atoms with Crippen LogP contribution in [0.15, 0.2) is 42.7 Å². The number of hydrogen-bond donors (Lipinski definition) is 0. The molecule has 0 aliphatic carbocycles. The van der Waals surface area contributed by atoms with Crippen LogP contribution in [-0.4, -0.2) is 71.2 Å². The zero-order chi connectivity index (χ0) is 18.5. The summed E-state index contributed by atoms with van der Waals surface area (Å²) in [5.41, 5.74) is 1.16. The van der Waals surface area contributed by atoms with Gasteiger partial charge in [0, 0.05) is 37.6 Å². The summed E-state index contributed by atoms with van der Waals surface area (Å²) in [6.45, 7) is 6.34. The first-order valence-electron chi connectivity index (χ1n) is 9.94. The minimum atomic E-state index is 0.248. The molecule has 1 aromatic heterocycles. The second-order valence-corrected chi connectivity index (χ2v) is 7.48. The Labute approximate surface area is 160 Å². The molecule has 6 heteroatoms. The van der Waals surface area contributed by atoms with Gasteiger partial charge in [-0.3, -0.25) is 9.69 Å². The maximum absolute atomic E-state index is 12.4. The van der Waals surface area contributed by atoms with Gasteiger partial charge in [0.05, 0.1) is 19.8 Å². The van der Waals surface area contributed by atoms with Gasteiger partial charge < -0.3 is 14.2 Å². The van der Waals surface area contributed by atoms with E-state index in [2.05, 4.69) is 44.9 Å². The molecule has 3 heterocycles. The summed E-state index contributed by atoms with van der Waals surface area (Å²) in [6.07, 6.45) is 6.22. The van der Waals surface area contributed by atoms with Crippen molar-refractivity contribution in [1.82, 2.24) is 19.4 Å². The minimum absolute atomic E-state index is 0.248. The van der Waals surface area contributed by atoms with Gasteiger partial charge in [-0.05, 0) is 31.8 Å². The van der Waals surface area contributed by atoms with Crippen LogP contribution in [0, 0.1) is 5.92 Å². The van der Waals surface area contributed by atoms with Crippen molar-refractivity contribution in [2.45, 2.75) is 19.4 Å². The Kier molecular flexibility index (Phi) is 5.84. The van der Waals surface area contributed by atoms with Crippen molar-refractivity contribution < 1.29 is 9.53 Å². The van der Waals surface area contributed by atoms with Gasteiger partial charge in [0.15, 0.2) is 0 Å². The van der Waals surface area contributed by atoms with Crippen LogP contribution in [-0.2, 0) is 16.1 Å². The van der Waals surface area contributed by atoms with E-state index in [4.69, 9.17) is 4.74 Å². The Morgan fingerprint density at radius 3 is 2.56 bits per heavy atom. The smallest absolute Gasteiger partial charge is 0.236 e. The van der Waals surface area contributed by atoms with Gasteiger partial charge >= 0.3 is 0 Å². The molecule has 0 bridgehead atoms. The number of nitrogens with zero attached hydrogens (tertiary/aromatic N) is 4. The van der Waals surface area contributed by atoms with E-state index >= 15 is 0 Å². The number of benzene rings is 1. The lowest BCUT2D eigenvalue weighted by Gasteiger charge is -2.34. The topological polar surface area (TPSA) is 50.6 Å². The zero-order valence-corrected chi connectivity index (χ0v) is 15.8. The number of carbonyl (C=O) groups is 1. The number of likely N-dealkylation sites (tertiary alicyclic amines) is 1. The van der Waals surface area contributed by atoms with Gasteiger partial charge in [-0.1, -0.05) is 30.3 Å². The predicted molar refractivity (Wildman–Crippen MR) is 104 cm³/mol. The number of rotatable bonds is 5. The highest BCUT2D eigenvalue weighted by Gasteiger charge is 2.24. The van der Waals surface area contributed by atoms with E-state index in [0.717, 1.165) is 57.0 Å². The molecule has 2 aliphatic heterocycles. The Bertz CT molecular complexity index is 732. The molecule has 0 spiro atoms. The lowest BCUT2D eigenvalue weighted by Crippen LogP contribution is -2.47. The third kappa shape index (κ3) is 4.57. The maximum atomic E-state index is 12.4. The fourth-order valence-corrected chi connectivity index (χ4v) is 4.01. The fraction of sp³-hybridized carbons (Fsp3) is 0.524. The fourth-order valence-electron chi connectivity index (χ4n) is 4.01. The second-order valence-electron chi connectivity index (χ2n) is 7.48. The lowest BCUT2D eigenvalue weighted by atomic mass is 9.96. The van der Waals surface area contributed by atoms with Crippen LogP contribution in [0.1, 0.15) is 12.8 Å². The van der Waals surface area contributed by atoms with E-state index in [0.29, 0.717) is 25.7 Å². The molecule has 144 valence electrons. The molecule has 27 heavy (non-hydrogen) atoms. The Balaban J connectivity index is 1.28. The van der Waals surface area contributed by atoms with Crippen LogP contribution >= 0.6 is 0 Å². The third-order valence-electron chi connectivity index (χ3n) is 5.63. The summed E-state index contributed by atoms with van der Waals surface area (Å²) in [7, 11) is 0. The van der Waals surface area contributed by atoms with Crippen LogP contribution in [0.5, 0.6) is 0 Å². The molecule has 2 fully saturated rings. The molecule has 0 radical (unpaired) electrons. The molecule has 1 amide bonds. The molecule has 0 atom stereocenters. The van der Waals surface area contributed by atoms with Crippen molar-refractivity contribution in [3.05, 3.63) is 42.7 Å². The van der Waals surface area contributed by atoms with Gasteiger partial charge in [0.1, 0.15) is 5.82 Å². The van der Waals surface area contributed by atoms with E-state index in [1.54, 1.807) is 0 Å². The van der Waals surface area contributed by atoms with Crippen molar-refractivity contribution in [3.63, 3.8) is 0 Å². The molecule has 0 N–H and O–H groups in total. The second kappa shape index (κ2) is 8.67. The highest BCUT2D eigenvalue weighted by Crippen LogP contribution is 2.23. The van der Waals surface area contributed by atoms with E-state index in [9.17, 15) is 4.79 Å². The van der Waals surface area contributed by atoms with E-state index < -0.39 is 0 Å². The minimum Gasteiger partial charge on any atom is -0.378 e. The van der Waals surface area contributed by atoms with Gasteiger partial charge in [0.2, 0.25) is 5.91 Å². The summed E-state index contributed by atoms with van der Waals surface area (Å²) in [6, 6.07) is 10.4. The van der Waals surface area contributed by atoms with E-state index in [1.807, 2.05) is 17.2 Å². The molecule has 0 unspecified atom stereocenters. The molecule has 2 saturated heterocycles. The van der Waals surface area contributed by atoms with Crippen LogP contribution in [0.25, 0.3) is 11.4 Å². The highest BCUT2D eigenvalue weighted by atomic mass is 16.5. The molecule has 6 nitrogen and oxygen atoms in total. The van der Waals surface area contributed by atoms with Crippen molar-refractivity contribution >= 4 is 5.91 Å². The number of ether oxygens (including phenoxy) is 1. The molecular formula is C21H28N4O2. The van der Waals surface area contributed by atoms with Gasteiger partial charge in [0.25, 0.3) is 0 Å². The summed E-state index contributed by atoms with van der Waals surface area (Å²) in [5, 5.41) is 0. The van der Waals surface area contributed by atoms with Crippen molar-refractivity contribution in [1.29, 1.82) is 0 Å². The molecule has 4 rings (SSSR count). The number of imidazole rings is 1. The summed E-state index contributed by atoms with van der Waals surface area (Å²) in [4.78, 5) is 21.2. The van der Waals surface area contributed by atoms with Crippen LogP contribution in [0.3, 0.4) is 0 Å². The summed E-state index contributed by atoms with van der Waals surface area (Å²) >= 11 is 0. The Morgan fingerprint density at radius 2 is 1.81 bits per heavy atom. The monoisotopic (exact) mass is 368 g/mol. The van der Waals surface area contributed by atoms with Crippen LogP contribution in [0.4, 0.5) is 0 Å². The number of carbonyl (C=O) groups excluding carboxylic acids is 1.